The van der Waals surface area contributed by atoms with E-state index in [1.54, 1.807) is 27.8 Å². The lowest BCUT2D eigenvalue weighted by atomic mass is 9.91. The van der Waals surface area contributed by atoms with Gasteiger partial charge in [0.05, 0.1) is 0 Å². The summed E-state index contributed by atoms with van der Waals surface area (Å²) in [5, 5.41) is 0.314. The predicted molar refractivity (Wildman–Crippen MR) is 122 cm³/mol. The van der Waals surface area contributed by atoms with E-state index in [4.69, 9.17) is 0 Å². The van der Waals surface area contributed by atoms with Crippen molar-refractivity contribution in [1.29, 1.82) is 0 Å². The van der Waals surface area contributed by atoms with Gasteiger partial charge in [-0.3, -0.25) is 0 Å². The summed E-state index contributed by atoms with van der Waals surface area (Å²) in [6, 6.07) is 4.77. The number of hydrogen-bond donors (Lipinski definition) is 0. The third kappa shape index (κ3) is 3.15. The average molecular weight is 383 g/mol. The van der Waals surface area contributed by atoms with Gasteiger partial charge in [0.15, 0.2) is 0 Å². The number of rotatable bonds is 3. The van der Waals surface area contributed by atoms with Crippen LogP contribution < -0.4 is 0 Å². The molecule has 27 heavy (non-hydrogen) atoms. The lowest BCUT2D eigenvalue weighted by molar-refractivity contribution is 0.476. The summed E-state index contributed by atoms with van der Waals surface area (Å²) in [4.78, 5) is 0. The molecule has 0 saturated heterocycles. The van der Waals surface area contributed by atoms with Crippen LogP contribution in [0.4, 0.5) is 0 Å². The first-order valence-corrected chi connectivity index (χ1v) is 13.0. The molecule has 0 spiro atoms. The van der Waals surface area contributed by atoms with Gasteiger partial charge >= 0.3 is 0 Å². The Morgan fingerprint density at radius 3 is 1.74 bits per heavy atom. The summed E-state index contributed by atoms with van der Waals surface area (Å²) in [6.45, 7) is 12.3. The highest BCUT2D eigenvalue weighted by molar-refractivity contribution is 7.60. The molecule has 3 aliphatic rings. The van der Waals surface area contributed by atoms with Crippen molar-refractivity contribution in [2.75, 3.05) is 0 Å². The minimum absolute atomic E-state index is 0.0192. The highest BCUT2D eigenvalue weighted by Gasteiger charge is 2.50. The quantitative estimate of drug-likeness (QED) is 0.460. The molecular formula is C26H39P. The molecule has 148 valence electrons. The zero-order valence-corrected chi connectivity index (χ0v) is 19.2. The smallest absolute Gasteiger partial charge is 0.0350 e. The van der Waals surface area contributed by atoms with Gasteiger partial charge in [-0.05, 0) is 99.4 Å². The van der Waals surface area contributed by atoms with Crippen molar-refractivity contribution >= 4 is 13.5 Å². The molecule has 4 rings (SSSR count). The van der Waals surface area contributed by atoms with Crippen LogP contribution in [0.3, 0.4) is 0 Å². The molecule has 1 aromatic carbocycles. The number of hydrogen-bond acceptors (Lipinski definition) is 0. The zero-order valence-electron chi connectivity index (χ0n) is 18.3. The van der Waals surface area contributed by atoms with E-state index in [2.05, 4.69) is 46.8 Å². The van der Waals surface area contributed by atoms with Crippen molar-refractivity contribution in [2.45, 2.75) is 115 Å². The van der Waals surface area contributed by atoms with Crippen LogP contribution in [0.2, 0.25) is 0 Å². The Morgan fingerprint density at radius 1 is 0.741 bits per heavy atom. The summed E-state index contributed by atoms with van der Waals surface area (Å²) in [7, 11) is -0.0192. The summed E-state index contributed by atoms with van der Waals surface area (Å²) in [5.41, 5.74) is 11.7. The molecular weight excluding hydrogens is 343 g/mol. The van der Waals surface area contributed by atoms with Crippen molar-refractivity contribution in [3.05, 3.63) is 40.0 Å². The molecule has 2 fully saturated rings. The van der Waals surface area contributed by atoms with Crippen molar-refractivity contribution in [1.82, 2.24) is 0 Å². The molecule has 3 aliphatic carbocycles. The first-order valence-electron chi connectivity index (χ1n) is 11.5. The third-order valence-electron chi connectivity index (χ3n) is 8.23. The Kier molecular flexibility index (Phi) is 5.59. The van der Waals surface area contributed by atoms with Crippen LogP contribution in [0, 0.1) is 13.8 Å². The fourth-order valence-corrected chi connectivity index (χ4v) is 11.7. The molecule has 0 aliphatic heterocycles. The molecule has 0 unspecified atom stereocenters. The second kappa shape index (κ2) is 7.67. The van der Waals surface area contributed by atoms with E-state index in [1.165, 1.54) is 69.8 Å². The predicted octanol–water partition coefficient (Wildman–Crippen LogP) is 8.47. The Labute approximate surface area is 169 Å². The van der Waals surface area contributed by atoms with Crippen LogP contribution in [0.15, 0.2) is 17.7 Å². The topological polar surface area (TPSA) is 0 Å². The lowest BCUT2D eigenvalue weighted by Gasteiger charge is -2.49. The summed E-state index contributed by atoms with van der Waals surface area (Å²) >= 11 is 0. The van der Waals surface area contributed by atoms with Gasteiger partial charge in [0.1, 0.15) is 0 Å². The Morgan fingerprint density at radius 2 is 1.22 bits per heavy atom. The number of allylic oxidation sites excluding steroid dienone is 2. The van der Waals surface area contributed by atoms with Gasteiger partial charge in [-0.1, -0.05) is 64.2 Å². The third-order valence-corrected chi connectivity index (χ3v) is 12.4. The molecule has 0 aromatic heterocycles. The van der Waals surface area contributed by atoms with Crippen molar-refractivity contribution in [3.63, 3.8) is 0 Å². The average Bonchev–Trinajstić information content (AvgIpc) is 2.89. The molecule has 1 atom stereocenters. The van der Waals surface area contributed by atoms with Gasteiger partial charge in [0, 0.05) is 5.16 Å². The van der Waals surface area contributed by atoms with E-state index in [9.17, 15) is 0 Å². The van der Waals surface area contributed by atoms with Crippen LogP contribution in [0.25, 0.3) is 5.57 Å². The van der Waals surface area contributed by atoms with E-state index in [-0.39, 0.29) is 7.92 Å². The van der Waals surface area contributed by atoms with E-state index in [1.807, 2.05) is 0 Å². The van der Waals surface area contributed by atoms with Gasteiger partial charge in [0.2, 0.25) is 0 Å². The Balaban J connectivity index is 1.87. The van der Waals surface area contributed by atoms with Crippen molar-refractivity contribution < 1.29 is 0 Å². The number of aryl methyl sites for hydroxylation is 2. The van der Waals surface area contributed by atoms with Crippen LogP contribution >= 0.6 is 7.92 Å². The Bertz CT molecular complexity index is 713. The molecule has 0 nitrogen and oxygen atoms in total. The minimum atomic E-state index is -0.0192. The van der Waals surface area contributed by atoms with E-state index in [0.29, 0.717) is 5.16 Å². The van der Waals surface area contributed by atoms with E-state index < -0.39 is 0 Å². The fourth-order valence-electron chi connectivity index (χ4n) is 6.73. The maximum absolute atomic E-state index is 2.68. The lowest BCUT2D eigenvalue weighted by Crippen LogP contribution is -2.33. The SMILES string of the molecule is CC1=C(C)[C@@](C)(P(C2CCCCC2)C2CCCCC2)c2c(C)ccc(C)c21. The second-order valence-corrected chi connectivity index (χ2v) is 12.9. The first-order chi connectivity index (χ1) is 13.0. The van der Waals surface area contributed by atoms with Crippen molar-refractivity contribution in [2.24, 2.45) is 0 Å². The van der Waals surface area contributed by atoms with Crippen LogP contribution in [0.1, 0.15) is 107 Å². The molecule has 0 bridgehead atoms. The van der Waals surface area contributed by atoms with E-state index >= 15 is 0 Å². The second-order valence-electron chi connectivity index (χ2n) is 9.76. The largest absolute Gasteiger partial charge is 0.0853 e. The minimum Gasteiger partial charge on any atom is -0.0853 e. The maximum Gasteiger partial charge on any atom is 0.0350 e. The number of benzene rings is 1. The summed E-state index contributed by atoms with van der Waals surface area (Å²) < 4.78 is 0. The first kappa shape index (κ1) is 19.7. The van der Waals surface area contributed by atoms with E-state index in [0.717, 1.165) is 11.3 Å². The molecule has 0 amide bonds. The standard InChI is InChI=1S/C26H39P/c1-18-16-17-19(2)25-24(18)20(3)21(4)26(25,5)27(22-12-8-6-9-13-22)23-14-10-7-11-15-23/h16-17,22-23H,6-15H2,1-5H3/t26-/m1/s1. The maximum atomic E-state index is 2.68. The molecule has 0 N–H and O–H groups in total. The van der Waals surface area contributed by atoms with Gasteiger partial charge in [-0.25, -0.2) is 0 Å². The highest BCUT2D eigenvalue weighted by Crippen LogP contribution is 2.73. The summed E-state index contributed by atoms with van der Waals surface area (Å²) in [6.07, 6.45) is 14.9. The highest BCUT2D eigenvalue weighted by atomic mass is 31.1. The molecule has 0 heterocycles. The van der Waals surface area contributed by atoms with Crippen LogP contribution in [0.5, 0.6) is 0 Å². The molecule has 0 radical (unpaired) electrons. The fraction of sp³-hybridized carbons (Fsp3) is 0.692. The normalized spacial score (nSPS) is 27.5. The van der Waals surface area contributed by atoms with Gasteiger partial charge in [-0.2, -0.15) is 0 Å². The van der Waals surface area contributed by atoms with Crippen LogP contribution in [-0.2, 0) is 5.16 Å². The van der Waals surface area contributed by atoms with Gasteiger partial charge in [-0.15, -0.1) is 0 Å². The van der Waals surface area contributed by atoms with Gasteiger partial charge < -0.3 is 0 Å². The zero-order chi connectivity index (χ0) is 19.2. The molecule has 1 heteroatoms. The monoisotopic (exact) mass is 382 g/mol. The Hall–Kier alpha value is -0.610. The van der Waals surface area contributed by atoms with Crippen LogP contribution in [-0.4, -0.2) is 11.3 Å². The summed E-state index contributed by atoms with van der Waals surface area (Å²) in [5.74, 6) is 0. The molecule has 2 saturated carbocycles. The number of fused-ring (bicyclic) bond motifs is 1. The molecule has 1 aromatic rings. The van der Waals surface area contributed by atoms with Gasteiger partial charge in [0.25, 0.3) is 0 Å². The van der Waals surface area contributed by atoms with Crippen molar-refractivity contribution in [3.8, 4) is 0 Å².